The van der Waals surface area contributed by atoms with Crippen molar-refractivity contribution in [3.63, 3.8) is 0 Å². The minimum absolute atomic E-state index is 0.236. The van der Waals surface area contributed by atoms with Crippen molar-refractivity contribution in [3.05, 3.63) is 60.3 Å². The van der Waals surface area contributed by atoms with Gasteiger partial charge in [-0.3, -0.25) is 4.68 Å². The van der Waals surface area contributed by atoms with Crippen molar-refractivity contribution in [3.8, 4) is 5.75 Å². The number of hydrogen-bond donors (Lipinski definition) is 0. The summed E-state index contributed by atoms with van der Waals surface area (Å²) in [5.41, 5.74) is 1.63. The van der Waals surface area contributed by atoms with Crippen LogP contribution in [0.5, 0.6) is 5.75 Å². The van der Waals surface area contributed by atoms with Gasteiger partial charge in [0.05, 0.1) is 5.52 Å². The summed E-state index contributed by atoms with van der Waals surface area (Å²) in [4.78, 5) is 13.8. The summed E-state index contributed by atoms with van der Waals surface area (Å²) >= 11 is 0. The van der Waals surface area contributed by atoms with E-state index < -0.39 is 5.60 Å². The second kappa shape index (κ2) is 7.78. The Morgan fingerprint density at radius 1 is 1.14 bits per heavy atom. The van der Waals surface area contributed by atoms with E-state index >= 15 is 0 Å². The van der Waals surface area contributed by atoms with Gasteiger partial charge in [-0.05, 0) is 44.5 Å². The van der Waals surface area contributed by atoms with Crippen LogP contribution in [0.15, 0.2) is 54.7 Å². The highest BCUT2D eigenvalue weighted by Crippen LogP contribution is 2.24. The third-order valence-corrected chi connectivity index (χ3v) is 4.83. The Kier molecular flexibility index (Phi) is 5.18. The maximum absolute atomic E-state index is 12.0. The Bertz CT molecular complexity index is 986. The standard InChI is InChI=1S/C23H27N3O3/c1-23(2,3)29-22(27)25-12-18(13-25)14-26-15-19-11-20(9-10-21(19)24-26)28-16-17-7-5-4-6-8-17/h4-11,15,18H,12-14,16H2,1-3H3. The van der Waals surface area contributed by atoms with Gasteiger partial charge >= 0.3 is 6.09 Å². The summed E-state index contributed by atoms with van der Waals surface area (Å²) in [5, 5.41) is 5.70. The summed E-state index contributed by atoms with van der Waals surface area (Å²) in [6.45, 7) is 8.39. The molecule has 0 atom stereocenters. The van der Waals surface area contributed by atoms with Gasteiger partial charge in [0.2, 0.25) is 0 Å². The lowest BCUT2D eigenvalue weighted by Crippen LogP contribution is -2.52. The van der Waals surface area contributed by atoms with E-state index in [9.17, 15) is 4.79 Å². The van der Waals surface area contributed by atoms with E-state index in [-0.39, 0.29) is 6.09 Å². The SMILES string of the molecule is CC(C)(C)OC(=O)N1CC(Cn2cc3cc(OCc4ccccc4)ccc3n2)C1. The molecule has 1 aliphatic rings. The predicted octanol–water partition coefficient (Wildman–Crippen LogP) is 4.48. The van der Waals surface area contributed by atoms with Crippen LogP contribution >= 0.6 is 0 Å². The maximum atomic E-state index is 12.0. The third-order valence-electron chi connectivity index (χ3n) is 4.83. The van der Waals surface area contributed by atoms with Gasteiger partial charge < -0.3 is 14.4 Å². The van der Waals surface area contributed by atoms with E-state index in [1.54, 1.807) is 4.90 Å². The van der Waals surface area contributed by atoms with Gasteiger partial charge in [0, 0.05) is 37.1 Å². The largest absolute Gasteiger partial charge is 0.489 e. The molecule has 152 valence electrons. The van der Waals surface area contributed by atoms with Gasteiger partial charge in [0.1, 0.15) is 18.0 Å². The number of fused-ring (bicyclic) bond motifs is 1. The summed E-state index contributed by atoms with van der Waals surface area (Å²) in [5.74, 6) is 1.23. The van der Waals surface area contributed by atoms with Gasteiger partial charge in [-0.2, -0.15) is 5.10 Å². The number of carbonyl (C=O) groups excluding carboxylic acids is 1. The van der Waals surface area contributed by atoms with Crippen molar-refractivity contribution in [1.82, 2.24) is 14.7 Å². The molecular weight excluding hydrogens is 366 g/mol. The molecule has 1 fully saturated rings. The molecule has 6 heteroatoms. The lowest BCUT2D eigenvalue weighted by Gasteiger charge is -2.39. The van der Waals surface area contributed by atoms with E-state index in [4.69, 9.17) is 9.47 Å². The molecule has 0 radical (unpaired) electrons. The smallest absolute Gasteiger partial charge is 0.410 e. The van der Waals surface area contributed by atoms with Crippen molar-refractivity contribution in [1.29, 1.82) is 0 Å². The number of nitrogens with zero attached hydrogens (tertiary/aromatic N) is 3. The average molecular weight is 393 g/mol. The van der Waals surface area contributed by atoms with Crippen LogP contribution in [0.4, 0.5) is 4.79 Å². The zero-order chi connectivity index (χ0) is 20.4. The first-order valence-corrected chi connectivity index (χ1v) is 9.97. The highest BCUT2D eigenvalue weighted by atomic mass is 16.6. The van der Waals surface area contributed by atoms with Crippen LogP contribution in [0.2, 0.25) is 0 Å². The molecule has 0 bridgehead atoms. The molecule has 2 aromatic carbocycles. The second-order valence-corrected chi connectivity index (χ2v) is 8.60. The molecule has 3 aromatic rings. The number of amides is 1. The van der Waals surface area contributed by atoms with Gasteiger partial charge in [0.15, 0.2) is 0 Å². The summed E-state index contributed by atoms with van der Waals surface area (Å²) in [6.07, 6.45) is 1.81. The molecule has 0 spiro atoms. The monoisotopic (exact) mass is 393 g/mol. The van der Waals surface area contributed by atoms with Gasteiger partial charge in [0.25, 0.3) is 0 Å². The van der Waals surface area contributed by atoms with Gasteiger partial charge in [-0.1, -0.05) is 30.3 Å². The van der Waals surface area contributed by atoms with Crippen LogP contribution in [0.1, 0.15) is 26.3 Å². The van der Waals surface area contributed by atoms with E-state index in [1.807, 2.05) is 68.0 Å². The molecule has 1 saturated heterocycles. The molecule has 1 aliphatic heterocycles. The molecule has 29 heavy (non-hydrogen) atoms. The second-order valence-electron chi connectivity index (χ2n) is 8.60. The topological polar surface area (TPSA) is 56.6 Å². The van der Waals surface area contributed by atoms with E-state index in [0.717, 1.165) is 28.8 Å². The fourth-order valence-electron chi connectivity index (χ4n) is 3.40. The number of ether oxygens (including phenoxy) is 2. The van der Waals surface area contributed by atoms with Crippen LogP contribution in [0, 0.1) is 5.92 Å². The summed E-state index contributed by atoms with van der Waals surface area (Å²) in [6, 6.07) is 16.1. The molecule has 6 nitrogen and oxygen atoms in total. The quantitative estimate of drug-likeness (QED) is 0.641. The first-order valence-electron chi connectivity index (χ1n) is 9.97. The van der Waals surface area contributed by atoms with E-state index in [2.05, 4.69) is 17.2 Å². The third kappa shape index (κ3) is 4.88. The summed E-state index contributed by atoms with van der Waals surface area (Å²) in [7, 11) is 0. The first-order chi connectivity index (χ1) is 13.9. The van der Waals surface area contributed by atoms with Crippen LogP contribution < -0.4 is 4.74 Å². The molecule has 1 aromatic heterocycles. The highest BCUT2D eigenvalue weighted by molar-refractivity contribution is 5.79. The highest BCUT2D eigenvalue weighted by Gasteiger charge is 2.33. The van der Waals surface area contributed by atoms with Crippen molar-refractivity contribution < 1.29 is 14.3 Å². The normalized spacial score (nSPS) is 14.7. The van der Waals surface area contributed by atoms with E-state index in [0.29, 0.717) is 25.6 Å². The lowest BCUT2D eigenvalue weighted by atomic mass is 10.0. The molecule has 0 unspecified atom stereocenters. The molecule has 0 aliphatic carbocycles. The summed E-state index contributed by atoms with van der Waals surface area (Å²) < 4.78 is 13.3. The van der Waals surface area contributed by atoms with Crippen molar-refractivity contribution in [2.75, 3.05) is 13.1 Å². The van der Waals surface area contributed by atoms with Gasteiger partial charge in [-0.25, -0.2) is 4.79 Å². The molecule has 0 saturated carbocycles. The number of rotatable bonds is 5. The first kappa shape index (κ1) is 19.3. The Morgan fingerprint density at radius 3 is 2.62 bits per heavy atom. The molecule has 1 amide bonds. The minimum Gasteiger partial charge on any atom is -0.489 e. The Balaban J connectivity index is 1.32. The lowest BCUT2D eigenvalue weighted by molar-refractivity contribution is -0.00381. The fourth-order valence-corrected chi connectivity index (χ4v) is 3.40. The van der Waals surface area contributed by atoms with Crippen LogP contribution in [-0.4, -0.2) is 39.5 Å². The van der Waals surface area contributed by atoms with Crippen molar-refractivity contribution >= 4 is 17.0 Å². The minimum atomic E-state index is -0.456. The average Bonchev–Trinajstić information content (AvgIpc) is 3.03. The maximum Gasteiger partial charge on any atom is 0.410 e. The molecular formula is C23H27N3O3. The zero-order valence-electron chi connectivity index (χ0n) is 17.2. The Morgan fingerprint density at radius 2 is 1.90 bits per heavy atom. The fraction of sp³-hybridized carbons (Fsp3) is 0.391. The molecule has 0 N–H and O–H groups in total. The van der Waals surface area contributed by atoms with Crippen LogP contribution in [0.3, 0.4) is 0 Å². The number of likely N-dealkylation sites (tertiary alicyclic amines) is 1. The molecule has 2 heterocycles. The Hall–Kier alpha value is -3.02. The predicted molar refractivity (Wildman–Crippen MR) is 112 cm³/mol. The Labute approximate surface area is 171 Å². The van der Waals surface area contributed by atoms with Gasteiger partial charge in [-0.15, -0.1) is 0 Å². The van der Waals surface area contributed by atoms with E-state index in [1.165, 1.54) is 0 Å². The van der Waals surface area contributed by atoms with Crippen LogP contribution in [-0.2, 0) is 17.9 Å². The number of aromatic nitrogens is 2. The molecule has 4 rings (SSSR count). The van der Waals surface area contributed by atoms with Crippen molar-refractivity contribution in [2.24, 2.45) is 5.92 Å². The van der Waals surface area contributed by atoms with Crippen molar-refractivity contribution in [2.45, 2.75) is 39.5 Å². The van der Waals surface area contributed by atoms with Crippen LogP contribution in [0.25, 0.3) is 10.9 Å². The number of carbonyl (C=O) groups is 1. The number of hydrogen-bond acceptors (Lipinski definition) is 4. The zero-order valence-corrected chi connectivity index (χ0v) is 17.2. The number of benzene rings is 2.